The average molecular weight is 355 g/mol. The summed E-state index contributed by atoms with van der Waals surface area (Å²) >= 11 is 6.35. The van der Waals surface area contributed by atoms with E-state index in [1.54, 1.807) is 18.3 Å². The minimum Gasteiger partial charge on any atom is -0.505 e. The number of aromatic hydroxyl groups is 1. The van der Waals surface area contributed by atoms with Crippen LogP contribution < -0.4 is 5.32 Å². The van der Waals surface area contributed by atoms with Gasteiger partial charge in [-0.1, -0.05) is 54.9 Å². The van der Waals surface area contributed by atoms with E-state index in [9.17, 15) is 9.90 Å². The quantitative estimate of drug-likeness (QED) is 0.703. The maximum absolute atomic E-state index is 12.2. The molecule has 1 heterocycles. The van der Waals surface area contributed by atoms with Crippen molar-refractivity contribution in [2.75, 3.05) is 0 Å². The molecule has 0 aliphatic heterocycles. The Labute approximate surface area is 151 Å². The number of fused-ring (bicyclic) bond motifs is 1. The topological polar surface area (TPSA) is 62.2 Å². The number of amides is 1. The smallest absolute Gasteiger partial charge is 0.220 e. The lowest BCUT2D eigenvalue weighted by Gasteiger charge is -2.22. The van der Waals surface area contributed by atoms with Gasteiger partial charge in [-0.15, -0.1) is 0 Å². The molecule has 128 valence electrons. The molecule has 1 atom stereocenters. The van der Waals surface area contributed by atoms with Crippen molar-refractivity contribution in [2.24, 2.45) is 0 Å². The first kappa shape index (κ1) is 17.2. The summed E-state index contributed by atoms with van der Waals surface area (Å²) in [5, 5.41) is 15.1. The fourth-order valence-corrected chi connectivity index (χ4v) is 3.12. The van der Waals surface area contributed by atoms with E-state index in [0.717, 1.165) is 17.4 Å². The molecule has 3 aromatic rings. The molecule has 0 fully saturated rings. The van der Waals surface area contributed by atoms with Gasteiger partial charge in [-0.25, -0.2) is 0 Å². The minimum atomic E-state index is -0.542. The van der Waals surface area contributed by atoms with Gasteiger partial charge in [0.15, 0.2) is 0 Å². The van der Waals surface area contributed by atoms with Gasteiger partial charge in [0, 0.05) is 28.6 Å². The Morgan fingerprint density at radius 3 is 2.72 bits per heavy atom. The second kappa shape index (κ2) is 7.53. The molecule has 3 rings (SSSR count). The van der Waals surface area contributed by atoms with E-state index >= 15 is 0 Å². The first-order valence-corrected chi connectivity index (χ1v) is 8.60. The lowest BCUT2D eigenvalue weighted by Crippen LogP contribution is -2.29. The second-order valence-corrected chi connectivity index (χ2v) is 6.26. The maximum Gasteiger partial charge on any atom is 0.220 e. The molecule has 0 aliphatic rings. The standard InChI is InChI=1S/C20H19ClN2O2/c1-2-6-17(24)23-19(14-8-3-4-9-16(14)21)15-11-10-13-7-5-12-22-18(13)20(15)25/h3-5,7-12,19,25H,2,6H2,1H3,(H,23,24). The number of hydrogen-bond donors (Lipinski definition) is 2. The van der Waals surface area contributed by atoms with Crippen LogP contribution >= 0.6 is 11.6 Å². The average Bonchev–Trinajstić information content (AvgIpc) is 2.62. The molecule has 0 bridgehead atoms. The highest BCUT2D eigenvalue weighted by Crippen LogP contribution is 2.36. The Balaban J connectivity index is 2.13. The highest BCUT2D eigenvalue weighted by Gasteiger charge is 2.23. The van der Waals surface area contributed by atoms with Crippen molar-refractivity contribution < 1.29 is 9.90 Å². The monoisotopic (exact) mass is 354 g/mol. The van der Waals surface area contributed by atoms with Gasteiger partial charge in [-0.2, -0.15) is 0 Å². The number of benzene rings is 2. The normalized spacial score (nSPS) is 12.1. The summed E-state index contributed by atoms with van der Waals surface area (Å²) in [6.45, 7) is 1.95. The molecule has 0 saturated carbocycles. The van der Waals surface area contributed by atoms with Crippen LogP contribution in [0.2, 0.25) is 5.02 Å². The van der Waals surface area contributed by atoms with Crippen LogP contribution in [0.3, 0.4) is 0 Å². The molecule has 1 amide bonds. The van der Waals surface area contributed by atoms with Crippen LogP contribution in [-0.2, 0) is 4.79 Å². The zero-order valence-corrected chi connectivity index (χ0v) is 14.6. The Hall–Kier alpha value is -2.59. The van der Waals surface area contributed by atoms with Gasteiger partial charge in [0.1, 0.15) is 11.3 Å². The van der Waals surface area contributed by atoms with Gasteiger partial charge in [0.25, 0.3) is 0 Å². The van der Waals surface area contributed by atoms with Crippen LogP contribution in [0.1, 0.15) is 36.9 Å². The summed E-state index contributed by atoms with van der Waals surface area (Å²) in [4.78, 5) is 16.5. The number of hydrogen-bond acceptors (Lipinski definition) is 3. The van der Waals surface area contributed by atoms with Gasteiger partial charge in [0.05, 0.1) is 6.04 Å². The van der Waals surface area contributed by atoms with Crippen molar-refractivity contribution in [3.63, 3.8) is 0 Å². The number of phenolic OH excluding ortho intramolecular Hbond substituents is 1. The van der Waals surface area contributed by atoms with Crippen molar-refractivity contribution in [3.05, 3.63) is 70.9 Å². The van der Waals surface area contributed by atoms with Gasteiger partial charge in [0.2, 0.25) is 5.91 Å². The van der Waals surface area contributed by atoms with Crippen LogP contribution in [-0.4, -0.2) is 16.0 Å². The lowest BCUT2D eigenvalue weighted by molar-refractivity contribution is -0.121. The number of nitrogens with one attached hydrogen (secondary N) is 1. The Bertz CT molecular complexity index is 911. The Morgan fingerprint density at radius 2 is 1.96 bits per heavy atom. The van der Waals surface area contributed by atoms with Crippen molar-refractivity contribution in [3.8, 4) is 5.75 Å². The fraction of sp³-hybridized carbons (Fsp3) is 0.200. The molecular formula is C20H19ClN2O2. The van der Waals surface area contributed by atoms with Gasteiger partial charge >= 0.3 is 0 Å². The molecule has 0 radical (unpaired) electrons. The number of nitrogens with zero attached hydrogens (tertiary/aromatic N) is 1. The number of halogens is 1. The number of rotatable bonds is 5. The summed E-state index contributed by atoms with van der Waals surface area (Å²) in [7, 11) is 0. The van der Waals surface area contributed by atoms with E-state index in [4.69, 9.17) is 11.6 Å². The van der Waals surface area contributed by atoms with E-state index in [1.165, 1.54) is 0 Å². The first-order valence-electron chi connectivity index (χ1n) is 8.22. The Kier molecular flexibility index (Phi) is 5.19. The SMILES string of the molecule is CCCC(=O)NC(c1ccccc1Cl)c1ccc2cccnc2c1O. The Morgan fingerprint density at radius 1 is 1.16 bits per heavy atom. The van der Waals surface area contributed by atoms with Gasteiger partial charge < -0.3 is 10.4 Å². The molecule has 1 unspecified atom stereocenters. The van der Waals surface area contributed by atoms with E-state index < -0.39 is 6.04 Å². The van der Waals surface area contributed by atoms with Crippen LogP contribution in [0.5, 0.6) is 5.75 Å². The van der Waals surface area contributed by atoms with Crippen LogP contribution in [0.25, 0.3) is 10.9 Å². The predicted octanol–water partition coefficient (Wildman–Crippen LogP) is 4.60. The summed E-state index contributed by atoms with van der Waals surface area (Å²) in [5.74, 6) is -0.0345. The summed E-state index contributed by atoms with van der Waals surface area (Å²) < 4.78 is 0. The third kappa shape index (κ3) is 3.59. The molecule has 2 N–H and O–H groups in total. The number of pyridine rings is 1. The number of aromatic nitrogens is 1. The predicted molar refractivity (Wildman–Crippen MR) is 99.8 cm³/mol. The highest BCUT2D eigenvalue weighted by molar-refractivity contribution is 6.31. The van der Waals surface area contributed by atoms with Crippen LogP contribution in [0.15, 0.2) is 54.7 Å². The zero-order valence-electron chi connectivity index (χ0n) is 13.9. The first-order chi connectivity index (χ1) is 12.1. The highest BCUT2D eigenvalue weighted by atomic mass is 35.5. The van der Waals surface area contributed by atoms with Crippen molar-refractivity contribution in [2.45, 2.75) is 25.8 Å². The van der Waals surface area contributed by atoms with Crippen LogP contribution in [0.4, 0.5) is 0 Å². The van der Waals surface area contributed by atoms with Gasteiger partial charge in [-0.05, 0) is 24.1 Å². The van der Waals surface area contributed by atoms with Crippen molar-refractivity contribution >= 4 is 28.4 Å². The third-order valence-corrected chi connectivity index (χ3v) is 4.43. The second-order valence-electron chi connectivity index (χ2n) is 5.85. The zero-order chi connectivity index (χ0) is 17.8. The molecule has 1 aromatic heterocycles. The van der Waals surface area contributed by atoms with Crippen molar-refractivity contribution in [1.29, 1.82) is 0 Å². The molecule has 0 saturated heterocycles. The van der Waals surface area contributed by atoms with E-state index in [1.807, 2.05) is 43.3 Å². The molecule has 2 aromatic carbocycles. The summed E-state index contributed by atoms with van der Waals surface area (Å²) in [6, 6.07) is 14.1. The molecule has 5 heteroatoms. The fourth-order valence-electron chi connectivity index (χ4n) is 2.87. The maximum atomic E-state index is 12.2. The number of phenols is 1. The van der Waals surface area contributed by atoms with Crippen molar-refractivity contribution in [1.82, 2.24) is 10.3 Å². The van der Waals surface area contributed by atoms with E-state index in [-0.39, 0.29) is 11.7 Å². The number of carbonyl (C=O) groups excluding carboxylic acids is 1. The van der Waals surface area contributed by atoms with Crippen LogP contribution in [0, 0.1) is 0 Å². The summed E-state index contributed by atoms with van der Waals surface area (Å²) in [6.07, 6.45) is 2.78. The molecule has 0 aliphatic carbocycles. The van der Waals surface area contributed by atoms with Gasteiger partial charge in [-0.3, -0.25) is 9.78 Å². The molecular weight excluding hydrogens is 336 g/mol. The van der Waals surface area contributed by atoms with E-state index in [2.05, 4.69) is 10.3 Å². The van der Waals surface area contributed by atoms with E-state index in [0.29, 0.717) is 22.5 Å². The third-order valence-electron chi connectivity index (χ3n) is 4.09. The lowest BCUT2D eigenvalue weighted by atomic mass is 9.96. The largest absolute Gasteiger partial charge is 0.505 e. The summed E-state index contributed by atoms with van der Waals surface area (Å²) in [5.41, 5.74) is 1.81. The molecule has 25 heavy (non-hydrogen) atoms. The molecule has 4 nitrogen and oxygen atoms in total. The minimum absolute atomic E-state index is 0.0554. The number of carbonyl (C=O) groups is 1. The molecule has 0 spiro atoms.